The van der Waals surface area contributed by atoms with E-state index < -0.39 is 12.1 Å². The average Bonchev–Trinajstić information content (AvgIpc) is 2.81. The van der Waals surface area contributed by atoms with Gasteiger partial charge in [-0.2, -0.15) is 0 Å². The number of ether oxygens (including phenoxy) is 2. The van der Waals surface area contributed by atoms with Gasteiger partial charge in [-0.15, -0.1) is 0 Å². The number of carbonyl (C=O) groups excluding carboxylic acids is 2. The molecule has 0 bridgehead atoms. The SMILES string of the molecule is COCCCCOc1ccccc1C(=O)N(Cl)C[C@@H](C[C@H](N)[C@@H](O)CNC(=O)N(C)C)C(C)C. The van der Waals surface area contributed by atoms with Crippen LogP contribution in [-0.4, -0.2) is 86.0 Å². The van der Waals surface area contributed by atoms with Crippen molar-refractivity contribution in [3.05, 3.63) is 29.8 Å². The van der Waals surface area contributed by atoms with Crippen molar-refractivity contribution < 1.29 is 24.2 Å². The molecule has 0 aliphatic carbocycles. The number of nitrogens with one attached hydrogen (secondary N) is 1. The second-order valence-corrected chi connectivity index (χ2v) is 9.35. The molecule has 0 heterocycles. The zero-order valence-corrected chi connectivity index (χ0v) is 21.8. The van der Waals surface area contributed by atoms with Crippen molar-refractivity contribution in [2.24, 2.45) is 17.6 Å². The maximum absolute atomic E-state index is 13.1. The molecule has 194 valence electrons. The monoisotopic (exact) mass is 500 g/mol. The van der Waals surface area contributed by atoms with Gasteiger partial charge < -0.3 is 30.5 Å². The van der Waals surface area contributed by atoms with Gasteiger partial charge in [0.2, 0.25) is 0 Å². The fraction of sp³-hybridized carbons (Fsp3) is 0.667. The molecule has 1 aromatic rings. The van der Waals surface area contributed by atoms with Gasteiger partial charge in [0.15, 0.2) is 0 Å². The summed E-state index contributed by atoms with van der Waals surface area (Å²) < 4.78 is 12.0. The Morgan fingerprint density at radius 1 is 1.18 bits per heavy atom. The second kappa shape index (κ2) is 15.8. The number of para-hydroxylation sites is 1. The summed E-state index contributed by atoms with van der Waals surface area (Å²) in [4.78, 5) is 26.1. The Balaban J connectivity index is 2.73. The molecule has 0 aliphatic heterocycles. The van der Waals surface area contributed by atoms with Gasteiger partial charge in [0.1, 0.15) is 5.75 Å². The van der Waals surface area contributed by atoms with Crippen molar-refractivity contribution in [2.45, 2.75) is 45.3 Å². The van der Waals surface area contributed by atoms with Crippen LogP contribution in [0.15, 0.2) is 24.3 Å². The van der Waals surface area contributed by atoms with Crippen molar-refractivity contribution in [3.8, 4) is 5.75 Å². The first-order valence-electron chi connectivity index (χ1n) is 11.7. The van der Waals surface area contributed by atoms with E-state index in [2.05, 4.69) is 5.32 Å². The maximum atomic E-state index is 13.1. The average molecular weight is 501 g/mol. The number of aliphatic hydroxyl groups excluding tert-OH is 1. The van der Waals surface area contributed by atoms with Gasteiger partial charge in [-0.1, -0.05) is 26.0 Å². The van der Waals surface area contributed by atoms with E-state index in [9.17, 15) is 14.7 Å². The van der Waals surface area contributed by atoms with Gasteiger partial charge in [-0.25, -0.2) is 4.79 Å². The molecular weight excluding hydrogens is 460 g/mol. The Hall–Kier alpha value is -2.07. The minimum absolute atomic E-state index is 0.0433. The first-order valence-corrected chi connectivity index (χ1v) is 12.0. The topological polar surface area (TPSA) is 117 Å². The minimum Gasteiger partial charge on any atom is -0.493 e. The second-order valence-electron chi connectivity index (χ2n) is 8.95. The molecule has 0 radical (unpaired) electrons. The zero-order chi connectivity index (χ0) is 25.7. The number of nitrogens with two attached hydrogens (primary N) is 1. The highest BCUT2D eigenvalue weighted by Crippen LogP contribution is 2.25. The quantitative estimate of drug-likeness (QED) is 0.252. The maximum Gasteiger partial charge on any atom is 0.316 e. The highest BCUT2D eigenvalue weighted by Gasteiger charge is 2.27. The molecule has 0 spiro atoms. The summed E-state index contributed by atoms with van der Waals surface area (Å²) in [6.07, 6.45) is 1.20. The number of rotatable bonds is 15. The van der Waals surface area contributed by atoms with Gasteiger partial charge in [-0.3, -0.25) is 9.21 Å². The Morgan fingerprint density at radius 3 is 2.44 bits per heavy atom. The number of benzene rings is 1. The number of urea groups is 1. The Kier molecular flexibility index (Phi) is 13.9. The number of nitrogens with zero attached hydrogens (tertiary/aromatic N) is 2. The van der Waals surface area contributed by atoms with E-state index in [1.54, 1.807) is 39.4 Å². The molecule has 3 atom stereocenters. The van der Waals surface area contributed by atoms with Crippen LogP contribution in [0.2, 0.25) is 0 Å². The van der Waals surface area contributed by atoms with Crippen LogP contribution >= 0.6 is 11.8 Å². The molecule has 0 aliphatic rings. The van der Waals surface area contributed by atoms with Crippen LogP contribution in [-0.2, 0) is 4.74 Å². The highest BCUT2D eigenvalue weighted by molar-refractivity contribution is 6.24. The van der Waals surface area contributed by atoms with E-state index >= 15 is 0 Å². The van der Waals surface area contributed by atoms with Crippen molar-refractivity contribution >= 4 is 23.7 Å². The Labute approximate surface area is 208 Å². The number of amides is 3. The van der Waals surface area contributed by atoms with Gasteiger partial charge in [-0.05, 0) is 43.2 Å². The molecule has 10 heteroatoms. The lowest BCUT2D eigenvalue weighted by atomic mass is 9.87. The number of hydrogen-bond acceptors (Lipinski definition) is 6. The molecule has 3 amide bonds. The third-order valence-electron chi connectivity index (χ3n) is 5.61. The molecule has 4 N–H and O–H groups in total. The summed E-state index contributed by atoms with van der Waals surface area (Å²) in [5, 5.41) is 13.0. The third kappa shape index (κ3) is 10.5. The van der Waals surface area contributed by atoms with Crippen molar-refractivity contribution in [3.63, 3.8) is 0 Å². The number of aliphatic hydroxyl groups is 1. The van der Waals surface area contributed by atoms with E-state index in [4.69, 9.17) is 27.0 Å². The molecule has 34 heavy (non-hydrogen) atoms. The number of methoxy groups -OCH3 is 1. The lowest BCUT2D eigenvalue weighted by Gasteiger charge is -2.29. The fourth-order valence-corrected chi connectivity index (χ4v) is 3.55. The van der Waals surface area contributed by atoms with E-state index in [1.165, 1.54) is 4.90 Å². The van der Waals surface area contributed by atoms with Crippen LogP contribution in [0.5, 0.6) is 5.75 Å². The fourth-order valence-electron chi connectivity index (χ4n) is 3.28. The third-order valence-corrected chi connectivity index (χ3v) is 5.91. The van der Waals surface area contributed by atoms with Crippen molar-refractivity contribution in [1.29, 1.82) is 0 Å². The van der Waals surface area contributed by atoms with E-state index in [1.807, 2.05) is 19.9 Å². The molecule has 9 nitrogen and oxygen atoms in total. The molecule has 0 fully saturated rings. The molecule has 0 aromatic heterocycles. The van der Waals surface area contributed by atoms with Crippen LogP contribution in [0.25, 0.3) is 0 Å². The summed E-state index contributed by atoms with van der Waals surface area (Å²) in [5.74, 6) is 0.237. The van der Waals surface area contributed by atoms with E-state index in [0.29, 0.717) is 30.9 Å². The Morgan fingerprint density at radius 2 is 1.82 bits per heavy atom. The molecule has 0 saturated carbocycles. The largest absolute Gasteiger partial charge is 0.493 e. The van der Waals surface area contributed by atoms with E-state index in [0.717, 1.165) is 17.3 Å². The molecule has 0 saturated heterocycles. The predicted octanol–water partition coefficient (Wildman–Crippen LogP) is 2.71. The van der Waals surface area contributed by atoms with Gasteiger partial charge in [0.25, 0.3) is 5.91 Å². The zero-order valence-electron chi connectivity index (χ0n) is 21.0. The minimum atomic E-state index is -0.920. The molecular formula is C24H41ClN4O5. The summed E-state index contributed by atoms with van der Waals surface area (Å²) in [6, 6.07) is 6.13. The lowest BCUT2D eigenvalue weighted by Crippen LogP contribution is -2.47. The number of halogens is 1. The highest BCUT2D eigenvalue weighted by atomic mass is 35.5. The van der Waals surface area contributed by atoms with E-state index in [-0.39, 0.29) is 36.9 Å². The van der Waals surface area contributed by atoms with Crippen LogP contribution in [0.4, 0.5) is 4.79 Å². The predicted molar refractivity (Wildman–Crippen MR) is 134 cm³/mol. The number of hydrogen-bond donors (Lipinski definition) is 3. The molecule has 1 aromatic carbocycles. The lowest BCUT2D eigenvalue weighted by molar-refractivity contribution is 0.0814. The summed E-state index contributed by atoms with van der Waals surface area (Å²) in [6.45, 7) is 5.47. The standard InChI is InChI=1S/C24H41ClN4O5/c1-17(2)18(14-20(26)21(30)15-27-24(32)28(3)4)16-29(25)23(31)19-10-6-7-11-22(19)34-13-9-8-12-33-5/h6-7,10-11,17-18,20-21,30H,8-9,12-16,26H2,1-5H3,(H,27,32)/t18-,20+,21+/m1/s1. The normalized spacial score (nSPS) is 13.8. The number of unbranched alkanes of at least 4 members (excludes halogenated alkanes) is 1. The summed E-state index contributed by atoms with van der Waals surface area (Å²) in [5.41, 5.74) is 6.60. The molecule has 0 unspecified atom stereocenters. The first kappa shape index (κ1) is 30.0. The van der Waals surface area contributed by atoms with Crippen LogP contribution < -0.4 is 15.8 Å². The van der Waals surface area contributed by atoms with Gasteiger partial charge >= 0.3 is 6.03 Å². The van der Waals surface area contributed by atoms with Crippen LogP contribution in [0.3, 0.4) is 0 Å². The number of carbonyl (C=O) groups is 2. The smallest absolute Gasteiger partial charge is 0.316 e. The van der Waals surface area contributed by atoms with Gasteiger partial charge in [0, 0.05) is 58.7 Å². The van der Waals surface area contributed by atoms with Crippen molar-refractivity contribution in [2.75, 3.05) is 47.5 Å². The van der Waals surface area contributed by atoms with Crippen molar-refractivity contribution in [1.82, 2.24) is 14.6 Å². The Bertz CT molecular complexity index is 750. The summed E-state index contributed by atoms with van der Waals surface area (Å²) in [7, 11) is 4.89. The molecule has 1 rings (SSSR count). The first-order chi connectivity index (χ1) is 16.1. The van der Waals surface area contributed by atoms with Crippen LogP contribution in [0.1, 0.15) is 43.5 Å². The van der Waals surface area contributed by atoms with Gasteiger partial charge in [0.05, 0.1) is 18.3 Å². The summed E-state index contributed by atoms with van der Waals surface area (Å²) >= 11 is 6.43. The van der Waals surface area contributed by atoms with Crippen LogP contribution in [0, 0.1) is 11.8 Å².